The number of methoxy groups -OCH3 is 1. The largest absolute Gasteiger partial charge is 0.467 e. The molecule has 4 rings (SSSR count). The Morgan fingerprint density at radius 2 is 1.84 bits per heavy atom. The molecular weight excluding hydrogens is 485 g/mol. The van der Waals surface area contributed by atoms with Crippen molar-refractivity contribution in [1.82, 2.24) is 15.1 Å². The average Bonchev–Trinajstić information content (AvgIpc) is 3.40. The highest BCUT2D eigenvalue weighted by Gasteiger charge is 2.51. The fraction of sp³-hybridized carbons (Fsp3) is 0.538. The second-order valence-electron chi connectivity index (χ2n) is 10.4. The molecule has 3 amide bonds. The van der Waals surface area contributed by atoms with Crippen LogP contribution in [0.25, 0.3) is 0 Å². The van der Waals surface area contributed by atoms with Crippen molar-refractivity contribution in [1.29, 1.82) is 0 Å². The third kappa shape index (κ3) is 5.70. The van der Waals surface area contributed by atoms with E-state index in [9.17, 15) is 23.6 Å². The van der Waals surface area contributed by atoms with E-state index in [0.717, 1.165) is 0 Å². The van der Waals surface area contributed by atoms with Gasteiger partial charge < -0.3 is 24.4 Å². The zero-order chi connectivity index (χ0) is 26.9. The Bertz CT molecular complexity index is 1120. The van der Waals surface area contributed by atoms with Crippen LogP contribution in [0.4, 0.5) is 14.0 Å². The number of alkyl carbamates (subject to hydrolysis) is 1. The molecule has 1 aromatic carbocycles. The number of fused-ring (bicyclic) bond motifs is 2. The summed E-state index contributed by atoms with van der Waals surface area (Å²) in [6.45, 7) is 5.41. The lowest BCUT2D eigenvalue weighted by Gasteiger charge is -2.34. The molecule has 0 saturated carbocycles. The summed E-state index contributed by atoms with van der Waals surface area (Å²) in [5, 5.41) is 2.59. The van der Waals surface area contributed by atoms with Gasteiger partial charge in [-0.2, -0.15) is 0 Å². The Balaban J connectivity index is 1.52. The SMILES string of the molecule is COC(=O)[C@@H]1C[C@@H](OC(=O)N2Cc3cccc(F)c3C2)[C@@H]2C/C=C\C[C@H](NC(=O)OC(C)(C)C)C(=O)N12. The summed E-state index contributed by atoms with van der Waals surface area (Å²) in [5.41, 5.74) is 0.393. The van der Waals surface area contributed by atoms with E-state index in [1.54, 1.807) is 39.0 Å². The van der Waals surface area contributed by atoms with E-state index in [-0.39, 0.29) is 31.7 Å². The fourth-order valence-electron chi connectivity index (χ4n) is 4.99. The van der Waals surface area contributed by atoms with Crippen LogP contribution in [0.2, 0.25) is 0 Å². The number of esters is 1. The predicted octanol–water partition coefficient (Wildman–Crippen LogP) is 3.03. The summed E-state index contributed by atoms with van der Waals surface area (Å²) >= 11 is 0. The Hall–Kier alpha value is -3.63. The molecule has 4 atom stereocenters. The summed E-state index contributed by atoms with van der Waals surface area (Å²) in [7, 11) is 1.22. The van der Waals surface area contributed by atoms with Crippen LogP contribution in [-0.4, -0.2) is 70.8 Å². The third-order valence-electron chi connectivity index (χ3n) is 6.65. The molecule has 1 aromatic rings. The van der Waals surface area contributed by atoms with Gasteiger partial charge in [0.2, 0.25) is 5.91 Å². The molecule has 3 aliphatic rings. The van der Waals surface area contributed by atoms with Crippen molar-refractivity contribution in [3.63, 3.8) is 0 Å². The number of amides is 3. The highest BCUT2D eigenvalue weighted by Crippen LogP contribution is 2.34. The predicted molar refractivity (Wildman–Crippen MR) is 129 cm³/mol. The van der Waals surface area contributed by atoms with E-state index in [4.69, 9.17) is 14.2 Å². The molecule has 1 fully saturated rings. The molecule has 200 valence electrons. The first-order valence-corrected chi connectivity index (χ1v) is 12.2. The minimum Gasteiger partial charge on any atom is -0.467 e. The number of carbonyl (C=O) groups excluding carboxylic acids is 4. The number of halogens is 1. The molecule has 1 saturated heterocycles. The van der Waals surface area contributed by atoms with Gasteiger partial charge in [0.25, 0.3) is 0 Å². The quantitative estimate of drug-likeness (QED) is 0.372. The second-order valence-corrected chi connectivity index (χ2v) is 10.4. The lowest BCUT2D eigenvalue weighted by Crippen LogP contribution is -2.56. The van der Waals surface area contributed by atoms with E-state index in [0.29, 0.717) is 17.5 Å². The minimum atomic E-state index is -0.997. The van der Waals surface area contributed by atoms with Crippen LogP contribution in [0.3, 0.4) is 0 Å². The van der Waals surface area contributed by atoms with Crippen molar-refractivity contribution in [2.75, 3.05) is 7.11 Å². The number of hydrogen-bond donors (Lipinski definition) is 1. The zero-order valence-electron chi connectivity index (χ0n) is 21.4. The third-order valence-corrected chi connectivity index (χ3v) is 6.65. The summed E-state index contributed by atoms with van der Waals surface area (Å²) in [6, 6.07) is 2.06. The Labute approximate surface area is 214 Å². The molecule has 37 heavy (non-hydrogen) atoms. The average molecular weight is 518 g/mol. The maximum absolute atomic E-state index is 14.2. The van der Waals surface area contributed by atoms with Gasteiger partial charge in [-0.15, -0.1) is 0 Å². The van der Waals surface area contributed by atoms with Gasteiger partial charge in [0.1, 0.15) is 29.6 Å². The van der Waals surface area contributed by atoms with Crippen LogP contribution in [0, 0.1) is 5.82 Å². The Morgan fingerprint density at radius 1 is 1.11 bits per heavy atom. The molecule has 0 aliphatic carbocycles. The number of rotatable bonds is 3. The van der Waals surface area contributed by atoms with E-state index in [1.165, 1.54) is 23.0 Å². The monoisotopic (exact) mass is 517 g/mol. The summed E-state index contributed by atoms with van der Waals surface area (Å²) in [4.78, 5) is 54.4. The lowest BCUT2D eigenvalue weighted by molar-refractivity contribution is -0.153. The Morgan fingerprint density at radius 3 is 2.51 bits per heavy atom. The van der Waals surface area contributed by atoms with Crippen LogP contribution in [0.15, 0.2) is 30.4 Å². The first kappa shape index (κ1) is 26.4. The number of nitrogens with one attached hydrogen (secondary N) is 1. The molecule has 0 bridgehead atoms. The zero-order valence-corrected chi connectivity index (χ0v) is 21.4. The highest BCUT2D eigenvalue weighted by molar-refractivity contribution is 5.91. The first-order chi connectivity index (χ1) is 17.5. The standard InChI is InChI=1S/C26H32FN3O7/c1-26(2,3)37-24(33)28-18-10-5-6-11-19-21(12-20(23(32)35-4)30(19)22(18)31)36-25(34)29-13-15-8-7-9-17(27)16(15)14-29/h5-9,18-21H,10-14H2,1-4H3,(H,28,33)/b6-5-/t18-,19-,20-,21+/m0/s1. The van der Waals surface area contributed by atoms with Crippen molar-refractivity contribution in [2.24, 2.45) is 0 Å². The highest BCUT2D eigenvalue weighted by atomic mass is 19.1. The first-order valence-electron chi connectivity index (χ1n) is 12.2. The molecule has 0 aromatic heterocycles. The van der Waals surface area contributed by atoms with Gasteiger partial charge in [0.15, 0.2) is 0 Å². The minimum absolute atomic E-state index is 0.0387. The van der Waals surface area contributed by atoms with Gasteiger partial charge in [0.05, 0.1) is 19.7 Å². The van der Waals surface area contributed by atoms with Crippen molar-refractivity contribution in [3.8, 4) is 0 Å². The smallest absolute Gasteiger partial charge is 0.410 e. The molecule has 0 radical (unpaired) electrons. The van der Waals surface area contributed by atoms with Gasteiger partial charge in [-0.25, -0.2) is 18.8 Å². The molecule has 3 aliphatic heterocycles. The lowest BCUT2D eigenvalue weighted by atomic mass is 10.0. The van der Waals surface area contributed by atoms with Crippen molar-refractivity contribution in [2.45, 2.75) is 83.0 Å². The van der Waals surface area contributed by atoms with E-state index in [2.05, 4.69) is 5.32 Å². The van der Waals surface area contributed by atoms with E-state index < -0.39 is 53.9 Å². The van der Waals surface area contributed by atoms with Crippen molar-refractivity contribution in [3.05, 3.63) is 47.3 Å². The van der Waals surface area contributed by atoms with Gasteiger partial charge in [-0.05, 0) is 45.2 Å². The van der Waals surface area contributed by atoms with Crippen molar-refractivity contribution >= 4 is 24.1 Å². The van der Waals surface area contributed by atoms with Gasteiger partial charge in [-0.3, -0.25) is 9.69 Å². The molecule has 11 heteroatoms. The second kappa shape index (κ2) is 10.4. The molecule has 0 unspecified atom stereocenters. The van der Waals surface area contributed by atoms with Crippen LogP contribution in [0.5, 0.6) is 0 Å². The fourth-order valence-corrected chi connectivity index (χ4v) is 4.99. The normalized spacial score (nSPS) is 25.9. The Kier molecular flexibility index (Phi) is 7.42. The summed E-state index contributed by atoms with van der Waals surface area (Å²) in [6.07, 6.45) is 1.96. The van der Waals surface area contributed by atoms with E-state index in [1.807, 2.05) is 6.08 Å². The topological polar surface area (TPSA) is 114 Å². The maximum Gasteiger partial charge on any atom is 0.410 e. The van der Waals surface area contributed by atoms with E-state index >= 15 is 0 Å². The number of nitrogens with zero attached hydrogens (tertiary/aromatic N) is 2. The number of hydrogen-bond acceptors (Lipinski definition) is 7. The maximum atomic E-state index is 14.2. The number of ether oxygens (including phenoxy) is 3. The molecule has 1 N–H and O–H groups in total. The van der Waals surface area contributed by atoms with Gasteiger partial charge in [-0.1, -0.05) is 24.3 Å². The molecular formula is C26H32FN3O7. The van der Waals surface area contributed by atoms with Crippen LogP contribution < -0.4 is 5.32 Å². The molecule has 3 heterocycles. The summed E-state index contributed by atoms with van der Waals surface area (Å²) in [5.74, 6) is -1.53. The number of carbonyl (C=O) groups is 4. The van der Waals surface area contributed by atoms with Crippen LogP contribution in [0.1, 0.15) is 51.2 Å². The molecule has 0 spiro atoms. The summed E-state index contributed by atoms with van der Waals surface area (Å²) < 4.78 is 30.2. The van der Waals surface area contributed by atoms with Crippen LogP contribution in [-0.2, 0) is 36.9 Å². The number of benzene rings is 1. The molecule has 10 nitrogen and oxygen atoms in total. The van der Waals surface area contributed by atoms with Crippen molar-refractivity contribution < 1.29 is 37.8 Å². The van der Waals surface area contributed by atoms with Crippen LogP contribution >= 0.6 is 0 Å². The van der Waals surface area contributed by atoms with Gasteiger partial charge >= 0.3 is 18.2 Å². The van der Waals surface area contributed by atoms with Gasteiger partial charge in [0, 0.05) is 18.5 Å².